The van der Waals surface area contributed by atoms with Gasteiger partial charge in [-0.1, -0.05) is 0 Å². The molecule has 1 amide bonds. The summed E-state index contributed by atoms with van der Waals surface area (Å²) < 4.78 is 0. The predicted molar refractivity (Wildman–Crippen MR) is 70.9 cm³/mol. The van der Waals surface area contributed by atoms with Crippen LogP contribution in [0.15, 0.2) is 0 Å². The van der Waals surface area contributed by atoms with E-state index in [2.05, 4.69) is 4.98 Å². The number of rotatable bonds is 2. The number of ketones is 1. The average Bonchev–Trinajstić information content (AvgIpc) is 2.67. The van der Waals surface area contributed by atoms with Crippen molar-refractivity contribution < 1.29 is 9.59 Å². The van der Waals surface area contributed by atoms with E-state index in [1.165, 1.54) is 11.3 Å². The van der Waals surface area contributed by atoms with Gasteiger partial charge in [0.1, 0.15) is 10.7 Å². The summed E-state index contributed by atoms with van der Waals surface area (Å²) in [6, 6.07) is 0.192. The molecule has 1 saturated carbocycles. The zero-order valence-electron chi connectivity index (χ0n) is 11.0. The van der Waals surface area contributed by atoms with Crippen LogP contribution in [-0.4, -0.2) is 34.7 Å². The number of hydrogen-bond donors (Lipinski definition) is 0. The minimum atomic E-state index is 0.0393. The summed E-state index contributed by atoms with van der Waals surface area (Å²) in [5, 5.41) is 0.920. The Labute approximate surface area is 111 Å². The van der Waals surface area contributed by atoms with Gasteiger partial charge in [-0.25, -0.2) is 4.98 Å². The average molecular weight is 266 g/mol. The second-order valence-corrected chi connectivity index (χ2v) is 6.04. The number of aromatic nitrogens is 1. The van der Waals surface area contributed by atoms with E-state index in [1.54, 1.807) is 4.90 Å². The van der Waals surface area contributed by atoms with E-state index in [0.717, 1.165) is 28.4 Å². The van der Waals surface area contributed by atoms with Gasteiger partial charge in [0.25, 0.3) is 5.91 Å². The molecule has 0 aliphatic heterocycles. The van der Waals surface area contributed by atoms with E-state index in [9.17, 15) is 9.59 Å². The normalized spacial score (nSPS) is 16.9. The number of Topliss-reactive ketones (excluding diaryl/α,β-unsaturated/α-hetero) is 1. The fourth-order valence-corrected chi connectivity index (χ4v) is 3.27. The Morgan fingerprint density at radius 2 is 1.94 bits per heavy atom. The van der Waals surface area contributed by atoms with E-state index in [4.69, 9.17) is 0 Å². The van der Waals surface area contributed by atoms with Crippen LogP contribution in [0.4, 0.5) is 0 Å². The van der Waals surface area contributed by atoms with Gasteiger partial charge in [0.2, 0.25) is 0 Å². The van der Waals surface area contributed by atoms with Crippen LogP contribution in [0.2, 0.25) is 0 Å². The minimum absolute atomic E-state index is 0.0393. The zero-order chi connectivity index (χ0) is 13.3. The first kappa shape index (κ1) is 13.2. The molecular weight excluding hydrogens is 248 g/mol. The van der Waals surface area contributed by atoms with Crippen molar-refractivity contribution in [1.29, 1.82) is 0 Å². The highest BCUT2D eigenvalue weighted by Crippen LogP contribution is 2.24. The van der Waals surface area contributed by atoms with Gasteiger partial charge in [-0.15, -0.1) is 11.3 Å². The molecule has 0 aromatic carbocycles. The molecule has 4 nitrogen and oxygen atoms in total. The SMILES string of the molecule is Cc1nc(C)c(C(=O)N(C)C2CCC(=O)CC2)s1. The van der Waals surface area contributed by atoms with E-state index in [0.29, 0.717) is 18.6 Å². The standard InChI is InChI=1S/C13H18N2O2S/c1-8-12(18-9(2)14-8)13(17)15(3)10-4-6-11(16)7-5-10/h10H,4-7H2,1-3H3. The number of carbonyl (C=O) groups excluding carboxylic acids is 2. The number of amides is 1. The Morgan fingerprint density at radius 1 is 1.33 bits per heavy atom. The second kappa shape index (κ2) is 5.18. The van der Waals surface area contributed by atoms with E-state index in [-0.39, 0.29) is 11.9 Å². The topological polar surface area (TPSA) is 50.3 Å². The van der Waals surface area contributed by atoms with Crippen LogP contribution >= 0.6 is 11.3 Å². The van der Waals surface area contributed by atoms with Crippen molar-refractivity contribution in [2.75, 3.05) is 7.05 Å². The largest absolute Gasteiger partial charge is 0.338 e. The summed E-state index contributed by atoms with van der Waals surface area (Å²) in [6.45, 7) is 3.78. The lowest BCUT2D eigenvalue weighted by atomic mass is 9.93. The molecule has 1 aliphatic carbocycles. The Bertz CT molecular complexity index is 471. The molecule has 0 unspecified atom stereocenters. The Morgan fingerprint density at radius 3 is 2.44 bits per heavy atom. The molecule has 1 aliphatic rings. The lowest BCUT2D eigenvalue weighted by Crippen LogP contribution is -2.39. The number of aryl methyl sites for hydroxylation is 2. The number of thiazole rings is 1. The van der Waals surface area contributed by atoms with Crippen molar-refractivity contribution in [2.24, 2.45) is 0 Å². The summed E-state index contributed by atoms with van der Waals surface area (Å²) in [6.07, 6.45) is 2.78. The summed E-state index contributed by atoms with van der Waals surface area (Å²) in [7, 11) is 1.83. The van der Waals surface area contributed by atoms with Crippen LogP contribution in [-0.2, 0) is 4.79 Å². The lowest BCUT2D eigenvalue weighted by Gasteiger charge is -2.30. The van der Waals surface area contributed by atoms with Gasteiger partial charge in [0.05, 0.1) is 10.7 Å². The summed E-state index contributed by atoms with van der Waals surface area (Å²) >= 11 is 1.45. The van der Waals surface area contributed by atoms with E-state index < -0.39 is 0 Å². The van der Waals surface area contributed by atoms with Crippen molar-refractivity contribution in [2.45, 2.75) is 45.6 Å². The Hall–Kier alpha value is -1.23. The van der Waals surface area contributed by atoms with Gasteiger partial charge >= 0.3 is 0 Å². The maximum absolute atomic E-state index is 12.4. The quantitative estimate of drug-likeness (QED) is 0.825. The van der Waals surface area contributed by atoms with Crippen molar-refractivity contribution in [3.05, 3.63) is 15.6 Å². The van der Waals surface area contributed by atoms with Gasteiger partial charge in [-0.05, 0) is 26.7 Å². The zero-order valence-corrected chi connectivity index (χ0v) is 11.8. The highest BCUT2D eigenvalue weighted by atomic mass is 32.1. The molecule has 0 radical (unpaired) electrons. The van der Waals surface area contributed by atoms with Crippen LogP contribution in [0.3, 0.4) is 0 Å². The first-order valence-corrected chi connectivity index (χ1v) is 7.03. The van der Waals surface area contributed by atoms with E-state index in [1.807, 2.05) is 20.9 Å². The number of carbonyl (C=O) groups is 2. The maximum atomic E-state index is 12.4. The smallest absolute Gasteiger partial charge is 0.265 e. The maximum Gasteiger partial charge on any atom is 0.265 e. The van der Waals surface area contributed by atoms with Crippen molar-refractivity contribution >= 4 is 23.0 Å². The van der Waals surface area contributed by atoms with Crippen LogP contribution in [0.5, 0.6) is 0 Å². The van der Waals surface area contributed by atoms with Gasteiger partial charge in [0, 0.05) is 25.9 Å². The molecule has 1 heterocycles. The first-order valence-electron chi connectivity index (χ1n) is 6.22. The third kappa shape index (κ3) is 2.61. The fourth-order valence-electron chi connectivity index (χ4n) is 2.37. The van der Waals surface area contributed by atoms with Crippen LogP contribution < -0.4 is 0 Å². The molecule has 1 fully saturated rings. The molecule has 1 aromatic rings. The van der Waals surface area contributed by atoms with Gasteiger partial charge in [-0.2, -0.15) is 0 Å². The Kier molecular flexibility index (Phi) is 3.80. The fraction of sp³-hybridized carbons (Fsp3) is 0.615. The first-order chi connectivity index (χ1) is 8.49. The van der Waals surface area contributed by atoms with Crippen LogP contribution in [0.1, 0.15) is 46.1 Å². The monoisotopic (exact) mass is 266 g/mol. The molecule has 2 rings (SSSR count). The van der Waals surface area contributed by atoms with Crippen molar-refractivity contribution in [1.82, 2.24) is 9.88 Å². The molecule has 5 heteroatoms. The van der Waals surface area contributed by atoms with Crippen LogP contribution in [0, 0.1) is 13.8 Å². The second-order valence-electron chi connectivity index (χ2n) is 4.83. The highest BCUT2D eigenvalue weighted by molar-refractivity contribution is 7.13. The molecule has 0 atom stereocenters. The van der Waals surface area contributed by atoms with Gasteiger partial charge in [0.15, 0.2) is 0 Å². The molecule has 1 aromatic heterocycles. The number of nitrogens with zero attached hydrogens (tertiary/aromatic N) is 2. The number of hydrogen-bond acceptors (Lipinski definition) is 4. The third-order valence-corrected chi connectivity index (χ3v) is 4.54. The summed E-state index contributed by atoms with van der Waals surface area (Å²) in [5.41, 5.74) is 0.807. The van der Waals surface area contributed by atoms with Crippen molar-refractivity contribution in [3.63, 3.8) is 0 Å². The molecule has 0 spiro atoms. The molecule has 98 valence electrons. The predicted octanol–water partition coefficient (Wildman–Crippen LogP) is 2.34. The molecule has 0 bridgehead atoms. The molecule has 0 saturated heterocycles. The third-order valence-electron chi connectivity index (χ3n) is 3.48. The minimum Gasteiger partial charge on any atom is -0.338 e. The van der Waals surface area contributed by atoms with E-state index >= 15 is 0 Å². The lowest BCUT2D eigenvalue weighted by molar-refractivity contribution is -0.121. The molecular formula is C13H18N2O2S. The van der Waals surface area contributed by atoms with Crippen molar-refractivity contribution in [3.8, 4) is 0 Å². The molecule has 18 heavy (non-hydrogen) atoms. The molecule has 0 N–H and O–H groups in total. The Balaban J connectivity index is 2.09. The van der Waals surface area contributed by atoms with Gasteiger partial charge < -0.3 is 4.90 Å². The van der Waals surface area contributed by atoms with Crippen LogP contribution in [0.25, 0.3) is 0 Å². The summed E-state index contributed by atoms with van der Waals surface area (Å²) in [4.78, 5) is 30.4. The summed E-state index contributed by atoms with van der Waals surface area (Å²) in [5.74, 6) is 0.356. The highest BCUT2D eigenvalue weighted by Gasteiger charge is 2.27. The van der Waals surface area contributed by atoms with Gasteiger partial charge in [-0.3, -0.25) is 9.59 Å².